The van der Waals surface area contributed by atoms with Crippen LogP contribution in [-0.4, -0.2) is 53.9 Å². The molecule has 0 fully saturated rings. The van der Waals surface area contributed by atoms with E-state index in [1.165, 1.54) is 231 Å². The van der Waals surface area contributed by atoms with Gasteiger partial charge in [0.2, 0.25) is 0 Å². The molecule has 51 heavy (non-hydrogen) atoms. The summed E-state index contributed by atoms with van der Waals surface area (Å²) in [6.45, 7) is 15.1. The second kappa shape index (κ2) is 46.2. The molecule has 0 radical (unpaired) electrons. The van der Waals surface area contributed by atoms with Crippen molar-refractivity contribution in [2.75, 3.05) is 39.5 Å². The van der Waals surface area contributed by atoms with E-state index in [0.29, 0.717) is 0 Å². The first-order chi connectivity index (χ1) is 25.3. The van der Waals surface area contributed by atoms with Gasteiger partial charge in [-0.3, -0.25) is 0 Å². The van der Waals surface area contributed by atoms with Gasteiger partial charge in [0.25, 0.3) is 0 Å². The maximum Gasteiger partial charge on any atom is 0.484 e. The van der Waals surface area contributed by atoms with Crippen molar-refractivity contribution in [1.29, 1.82) is 0 Å². The Balaban J connectivity index is 4.61. The third-order valence-corrected chi connectivity index (χ3v) is 12.3. The van der Waals surface area contributed by atoms with E-state index in [4.69, 9.17) is 13.3 Å². The molecule has 0 saturated heterocycles. The number of nitrogens with zero attached hydrogens (tertiary/aromatic N) is 1. The van der Waals surface area contributed by atoms with Gasteiger partial charge in [-0.2, -0.15) is 0 Å². The first-order valence-corrected chi connectivity index (χ1v) is 25.3. The van der Waals surface area contributed by atoms with Crippen LogP contribution >= 0.6 is 0 Å². The summed E-state index contributed by atoms with van der Waals surface area (Å²) in [6, 6.07) is 0. The molecule has 0 aromatic rings. The maximum absolute atomic E-state index is 6.47. The minimum absolute atomic E-state index is 0.765. The van der Waals surface area contributed by atoms with E-state index >= 15 is 0 Å². The minimum atomic E-state index is -2.08. The second-order valence-corrected chi connectivity index (χ2v) is 17.6. The normalized spacial score (nSPS) is 11.9. The molecular weight excluding hydrogens is 643 g/mol. The Labute approximate surface area is 325 Å². The first-order valence-electron chi connectivity index (χ1n) is 23.9. The fraction of sp³-hybridized carbons (Fsp3) is 1.00. The van der Waals surface area contributed by atoms with Crippen molar-refractivity contribution in [3.8, 4) is 0 Å². The molecule has 0 aliphatic rings. The van der Waals surface area contributed by atoms with Gasteiger partial charge in [0.1, 0.15) is 0 Å². The van der Waals surface area contributed by atoms with Crippen molar-refractivity contribution in [2.24, 2.45) is 0 Å². The molecule has 0 rings (SSSR count). The lowest BCUT2D eigenvalue weighted by atomic mass is 10.1. The van der Waals surface area contributed by atoms with Gasteiger partial charge in [0.05, 0.1) is 6.61 Å². The summed E-state index contributed by atoms with van der Waals surface area (Å²) in [7, 11) is -2.08. The Hall–Kier alpha value is 0.0569. The summed E-state index contributed by atoms with van der Waals surface area (Å²) >= 11 is 0. The van der Waals surface area contributed by atoms with E-state index in [-0.39, 0.29) is 0 Å². The van der Waals surface area contributed by atoms with Gasteiger partial charge in [0.15, 0.2) is 0 Å². The van der Waals surface area contributed by atoms with Gasteiger partial charge in [-0.05, 0) is 38.8 Å². The van der Waals surface area contributed by atoms with E-state index in [1.54, 1.807) is 0 Å². The van der Waals surface area contributed by atoms with Crippen LogP contribution in [0.1, 0.15) is 259 Å². The average Bonchev–Trinajstić information content (AvgIpc) is 3.14. The Kier molecular flexibility index (Phi) is 46.3. The van der Waals surface area contributed by atoms with E-state index < -0.39 is 9.53 Å². The molecule has 0 spiro atoms. The zero-order valence-corrected chi connectivity index (χ0v) is 37.1. The molecule has 0 aliphatic heterocycles. The maximum atomic E-state index is 6.47. The molecule has 0 bridgehead atoms. The quantitative estimate of drug-likeness (QED) is 0.0459. The van der Waals surface area contributed by atoms with Gasteiger partial charge in [-0.1, -0.05) is 233 Å². The molecule has 0 amide bonds. The standard InChI is InChI=1S/C46H97NO3Si/c1-5-9-13-17-21-25-27-29-33-37-41-47(42-38-34-30-28-26-22-18-14-10-6-2)43-46-50-51(48-44-39-35-31-23-19-15-11-7-3)49-45-40-36-32-24-20-16-12-8-4/h51H,5-46H2,1-4H3. The second-order valence-electron chi connectivity index (χ2n) is 16.1. The van der Waals surface area contributed by atoms with Crippen LogP contribution in [0.2, 0.25) is 0 Å². The third kappa shape index (κ3) is 42.7. The van der Waals surface area contributed by atoms with Gasteiger partial charge >= 0.3 is 9.53 Å². The van der Waals surface area contributed by atoms with E-state index in [1.807, 2.05) is 0 Å². The van der Waals surface area contributed by atoms with Crippen LogP contribution in [-0.2, 0) is 13.3 Å². The number of hydrogen-bond donors (Lipinski definition) is 0. The molecule has 0 aromatic heterocycles. The summed E-state index contributed by atoms with van der Waals surface area (Å²) < 4.78 is 19.2. The topological polar surface area (TPSA) is 30.9 Å². The van der Waals surface area contributed by atoms with Crippen LogP contribution in [0.15, 0.2) is 0 Å². The molecule has 0 unspecified atom stereocenters. The lowest BCUT2D eigenvalue weighted by molar-refractivity contribution is 0.0795. The van der Waals surface area contributed by atoms with Crippen molar-refractivity contribution in [2.45, 2.75) is 259 Å². The van der Waals surface area contributed by atoms with E-state index in [9.17, 15) is 0 Å². The highest BCUT2D eigenvalue weighted by atomic mass is 28.3. The van der Waals surface area contributed by atoms with Crippen LogP contribution in [0.5, 0.6) is 0 Å². The van der Waals surface area contributed by atoms with Crippen molar-refractivity contribution in [3.63, 3.8) is 0 Å². The molecule has 308 valence electrons. The van der Waals surface area contributed by atoms with E-state index in [2.05, 4.69) is 32.6 Å². The Morgan fingerprint density at radius 3 is 0.784 bits per heavy atom. The highest BCUT2D eigenvalue weighted by Gasteiger charge is 2.16. The smallest absolute Gasteiger partial charge is 0.376 e. The fourth-order valence-electron chi connectivity index (χ4n) is 7.23. The monoisotopic (exact) mass is 740 g/mol. The summed E-state index contributed by atoms with van der Waals surface area (Å²) in [5, 5.41) is 0. The SMILES string of the molecule is CCCCCCCCCCCCN(CCCCCCCCCCCC)CCO[SiH](OCCCCCCCCCC)OCCCCCCCCCC. The van der Waals surface area contributed by atoms with Crippen molar-refractivity contribution < 1.29 is 13.3 Å². The third-order valence-electron chi connectivity index (χ3n) is 10.8. The van der Waals surface area contributed by atoms with Crippen molar-refractivity contribution in [3.05, 3.63) is 0 Å². The first kappa shape index (κ1) is 51.1. The molecule has 0 aromatic carbocycles. The number of rotatable bonds is 46. The summed E-state index contributed by atoms with van der Waals surface area (Å²) in [6.07, 6.45) is 49.4. The van der Waals surface area contributed by atoms with Crippen molar-refractivity contribution >= 4 is 9.53 Å². The Bertz CT molecular complexity index is 563. The summed E-state index contributed by atoms with van der Waals surface area (Å²) in [5.41, 5.74) is 0. The average molecular weight is 740 g/mol. The van der Waals surface area contributed by atoms with Gasteiger partial charge in [-0.25, -0.2) is 0 Å². The lowest BCUT2D eigenvalue weighted by Crippen LogP contribution is -2.34. The van der Waals surface area contributed by atoms with Crippen LogP contribution in [0, 0.1) is 0 Å². The predicted molar refractivity (Wildman–Crippen MR) is 230 cm³/mol. The van der Waals surface area contributed by atoms with Crippen LogP contribution < -0.4 is 0 Å². The van der Waals surface area contributed by atoms with Gasteiger partial charge < -0.3 is 18.2 Å². The minimum Gasteiger partial charge on any atom is -0.376 e. The molecule has 0 saturated carbocycles. The molecule has 5 heteroatoms. The highest BCUT2D eigenvalue weighted by Crippen LogP contribution is 2.14. The predicted octanol–water partition coefficient (Wildman–Crippen LogP) is 15.2. The zero-order chi connectivity index (χ0) is 37.0. The molecular formula is C46H97NO3Si. The molecule has 0 heterocycles. The summed E-state index contributed by atoms with van der Waals surface area (Å²) in [5.74, 6) is 0. The molecule has 0 N–H and O–H groups in total. The molecule has 0 atom stereocenters. The molecule has 0 aliphatic carbocycles. The van der Waals surface area contributed by atoms with Crippen LogP contribution in [0.25, 0.3) is 0 Å². The zero-order valence-electron chi connectivity index (χ0n) is 35.9. The Morgan fingerprint density at radius 2 is 0.490 bits per heavy atom. The van der Waals surface area contributed by atoms with Gasteiger partial charge in [-0.15, -0.1) is 0 Å². The summed E-state index contributed by atoms with van der Waals surface area (Å²) in [4.78, 5) is 2.71. The Morgan fingerprint density at radius 1 is 0.255 bits per heavy atom. The van der Waals surface area contributed by atoms with Gasteiger partial charge in [0, 0.05) is 19.8 Å². The van der Waals surface area contributed by atoms with E-state index in [0.717, 1.165) is 39.2 Å². The fourth-order valence-corrected chi connectivity index (χ4v) is 8.54. The van der Waals surface area contributed by atoms with Crippen LogP contribution in [0.3, 0.4) is 0 Å². The van der Waals surface area contributed by atoms with Crippen molar-refractivity contribution in [1.82, 2.24) is 4.90 Å². The number of hydrogen-bond acceptors (Lipinski definition) is 4. The highest BCUT2D eigenvalue weighted by molar-refractivity contribution is 6.36. The number of unbranched alkanes of at least 4 members (excludes halogenated alkanes) is 32. The largest absolute Gasteiger partial charge is 0.484 e. The lowest BCUT2D eigenvalue weighted by Gasteiger charge is -2.24. The van der Waals surface area contributed by atoms with Crippen LogP contribution in [0.4, 0.5) is 0 Å². The molecule has 4 nitrogen and oxygen atoms in total.